The fraction of sp³-hybridized carbons (Fsp3) is 0.692. The number of amides is 5. The highest BCUT2D eigenvalue weighted by atomic mass is 16.2. The van der Waals surface area contributed by atoms with Gasteiger partial charge >= 0.3 is 0 Å². The maximum absolute atomic E-state index is 13.6. The highest BCUT2D eigenvalue weighted by Gasteiger charge is 2.38. The first-order chi connectivity index (χ1) is 18.5. The lowest BCUT2D eigenvalue weighted by Gasteiger charge is -2.31. The molecule has 1 rings (SSSR count). The van der Waals surface area contributed by atoms with Crippen molar-refractivity contribution in [2.45, 2.75) is 77.9 Å². The Balaban J connectivity index is 3.11. The van der Waals surface area contributed by atoms with Crippen LogP contribution in [0.1, 0.15) is 59.8 Å². The van der Waals surface area contributed by atoms with Gasteiger partial charge in [0.05, 0.1) is 6.54 Å². The highest BCUT2D eigenvalue weighted by Crippen LogP contribution is 2.20. The van der Waals surface area contributed by atoms with Crippen LogP contribution in [0.25, 0.3) is 0 Å². The zero-order valence-electron chi connectivity index (χ0n) is 23.7. The van der Waals surface area contributed by atoms with Gasteiger partial charge in [-0.1, -0.05) is 26.3 Å². The van der Waals surface area contributed by atoms with E-state index in [9.17, 15) is 24.0 Å². The minimum Gasteiger partial charge on any atom is -0.370 e. The van der Waals surface area contributed by atoms with E-state index in [4.69, 9.17) is 11.5 Å². The van der Waals surface area contributed by atoms with Crippen LogP contribution < -0.4 is 27.4 Å². The van der Waals surface area contributed by atoms with Crippen LogP contribution >= 0.6 is 0 Å². The molecule has 0 aromatic heterocycles. The number of aliphatic imine (C=N–C) groups is 1. The van der Waals surface area contributed by atoms with Gasteiger partial charge in [0, 0.05) is 33.1 Å². The van der Waals surface area contributed by atoms with E-state index in [1.165, 1.54) is 22.8 Å². The van der Waals surface area contributed by atoms with Crippen molar-refractivity contribution in [3.05, 3.63) is 12.7 Å². The van der Waals surface area contributed by atoms with Gasteiger partial charge in [0.15, 0.2) is 5.96 Å². The molecule has 0 spiro atoms. The second-order valence-electron chi connectivity index (χ2n) is 9.71. The van der Waals surface area contributed by atoms with Crippen molar-refractivity contribution in [1.29, 1.82) is 0 Å². The number of carbonyl (C=O) groups is 5. The number of rotatable bonds is 16. The summed E-state index contributed by atoms with van der Waals surface area (Å²) in [6.07, 6.45) is 3.94. The standard InChI is InChI=1S/C26H46N8O5/c1-6-14-33(18(5)35)16-21(36)32-22(17(4)7-2)24(38)31-19(11-9-13-30-26(27)28)25(39)34-15-10-12-20(34)23(37)29-8-3/h6,17,19-20,22H,1,7-16H2,2-5H3,(H,29,37)(H,31,38)(H,32,36)(H4,27,28,30)/t17-,19-,20-,22-/m0/s1. The number of carbonyl (C=O) groups excluding carboxylic acids is 5. The fourth-order valence-corrected chi connectivity index (χ4v) is 4.37. The van der Waals surface area contributed by atoms with Gasteiger partial charge in [-0.2, -0.15) is 0 Å². The van der Waals surface area contributed by atoms with Crippen molar-refractivity contribution < 1.29 is 24.0 Å². The molecule has 13 nitrogen and oxygen atoms in total. The van der Waals surface area contributed by atoms with Gasteiger partial charge in [-0.05, 0) is 38.5 Å². The van der Waals surface area contributed by atoms with Crippen molar-refractivity contribution >= 4 is 35.5 Å². The Morgan fingerprint density at radius 3 is 2.44 bits per heavy atom. The minimum absolute atomic E-state index is 0.0756. The third kappa shape index (κ3) is 10.9. The van der Waals surface area contributed by atoms with E-state index in [0.29, 0.717) is 38.8 Å². The van der Waals surface area contributed by atoms with E-state index in [1.54, 1.807) is 0 Å². The molecule has 0 aromatic carbocycles. The molecule has 1 aliphatic rings. The molecule has 1 aliphatic heterocycles. The van der Waals surface area contributed by atoms with Gasteiger partial charge in [-0.15, -0.1) is 6.58 Å². The number of guanidine groups is 1. The first kappa shape index (κ1) is 33.4. The van der Waals surface area contributed by atoms with Gasteiger partial charge in [0.1, 0.15) is 18.1 Å². The summed E-state index contributed by atoms with van der Waals surface area (Å²) in [6, 6.07) is -2.49. The summed E-state index contributed by atoms with van der Waals surface area (Å²) >= 11 is 0. The number of hydrogen-bond donors (Lipinski definition) is 5. The van der Waals surface area contributed by atoms with Crippen LogP contribution in [-0.2, 0) is 24.0 Å². The predicted molar refractivity (Wildman–Crippen MR) is 149 cm³/mol. The Morgan fingerprint density at radius 2 is 1.87 bits per heavy atom. The Kier molecular flexibility index (Phi) is 14.6. The van der Waals surface area contributed by atoms with E-state index in [1.807, 2.05) is 20.8 Å². The fourth-order valence-electron chi connectivity index (χ4n) is 4.37. The number of likely N-dealkylation sites (N-methyl/N-ethyl adjacent to an activating group) is 1. The molecule has 1 fully saturated rings. The van der Waals surface area contributed by atoms with Gasteiger partial charge in [0.25, 0.3) is 0 Å². The molecule has 39 heavy (non-hydrogen) atoms. The van der Waals surface area contributed by atoms with Gasteiger partial charge in [-0.25, -0.2) is 0 Å². The summed E-state index contributed by atoms with van der Waals surface area (Å²) in [7, 11) is 0. The number of hydrogen-bond acceptors (Lipinski definition) is 6. The normalized spacial score (nSPS) is 16.8. The van der Waals surface area contributed by atoms with Crippen LogP contribution in [0.15, 0.2) is 17.6 Å². The summed E-state index contributed by atoms with van der Waals surface area (Å²) < 4.78 is 0. The molecule has 0 aromatic rings. The molecule has 1 heterocycles. The number of likely N-dealkylation sites (tertiary alicyclic amines) is 1. The highest BCUT2D eigenvalue weighted by molar-refractivity contribution is 5.95. The Bertz CT molecular complexity index is 905. The molecule has 0 unspecified atom stereocenters. The van der Waals surface area contributed by atoms with Crippen molar-refractivity contribution in [2.24, 2.45) is 22.4 Å². The molecular weight excluding hydrogens is 504 g/mol. The zero-order chi connectivity index (χ0) is 29.5. The van der Waals surface area contributed by atoms with Crippen molar-refractivity contribution in [3.8, 4) is 0 Å². The molecule has 5 amide bonds. The number of nitrogens with two attached hydrogens (primary N) is 2. The van der Waals surface area contributed by atoms with Crippen molar-refractivity contribution in [3.63, 3.8) is 0 Å². The lowest BCUT2D eigenvalue weighted by Crippen LogP contribution is -2.58. The van der Waals surface area contributed by atoms with Crippen LogP contribution in [0.5, 0.6) is 0 Å². The SMILES string of the molecule is C=CCN(CC(=O)N[C@H](C(=O)N[C@@H](CCCN=C(N)N)C(=O)N1CCC[C@H]1C(=O)NCC)[C@@H](C)CC)C(C)=O. The summed E-state index contributed by atoms with van der Waals surface area (Å²) in [4.78, 5) is 71.0. The average molecular weight is 551 g/mol. The van der Waals surface area contributed by atoms with E-state index < -0.39 is 29.9 Å². The quantitative estimate of drug-likeness (QED) is 0.0720. The lowest BCUT2D eigenvalue weighted by molar-refractivity contribution is -0.142. The van der Waals surface area contributed by atoms with Crippen LogP contribution in [-0.4, -0.2) is 96.1 Å². The van der Waals surface area contributed by atoms with Crippen LogP contribution in [0.3, 0.4) is 0 Å². The lowest BCUT2D eigenvalue weighted by atomic mass is 9.97. The molecule has 1 saturated heterocycles. The number of nitrogens with one attached hydrogen (secondary N) is 3. The molecular formula is C26H46N8O5. The first-order valence-electron chi connectivity index (χ1n) is 13.6. The Hall–Kier alpha value is -3.64. The molecule has 0 radical (unpaired) electrons. The minimum atomic E-state index is -0.945. The smallest absolute Gasteiger partial charge is 0.245 e. The molecule has 7 N–H and O–H groups in total. The van der Waals surface area contributed by atoms with Crippen LogP contribution in [0.2, 0.25) is 0 Å². The monoisotopic (exact) mass is 550 g/mol. The third-order valence-electron chi connectivity index (χ3n) is 6.69. The maximum Gasteiger partial charge on any atom is 0.245 e. The largest absolute Gasteiger partial charge is 0.370 e. The molecule has 0 saturated carbocycles. The predicted octanol–water partition coefficient (Wildman–Crippen LogP) is -0.783. The maximum atomic E-state index is 13.6. The van der Waals surface area contributed by atoms with E-state index >= 15 is 0 Å². The summed E-state index contributed by atoms with van der Waals surface area (Å²) in [5, 5.41) is 8.30. The third-order valence-corrected chi connectivity index (χ3v) is 6.69. The van der Waals surface area contributed by atoms with E-state index in [2.05, 4.69) is 27.5 Å². The molecule has 4 atom stereocenters. The molecule has 0 bridgehead atoms. The summed E-state index contributed by atoms with van der Waals surface area (Å²) in [5.74, 6) is -2.25. The van der Waals surface area contributed by atoms with Crippen molar-refractivity contribution in [2.75, 3.05) is 32.7 Å². The molecule has 220 valence electrons. The van der Waals surface area contributed by atoms with Crippen LogP contribution in [0.4, 0.5) is 0 Å². The summed E-state index contributed by atoms with van der Waals surface area (Å²) in [6.45, 7) is 11.5. The molecule has 13 heteroatoms. The van der Waals surface area contributed by atoms with E-state index in [0.717, 1.165) is 0 Å². The van der Waals surface area contributed by atoms with Crippen LogP contribution in [0, 0.1) is 5.92 Å². The second-order valence-corrected chi connectivity index (χ2v) is 9.71. The average Bonchev–Trinajstić information content (AvgIpc) is 3.38. The zero-order valence-corrected chi connectivity index (χ0v) is 23.7. The van der Waals surface area contributed by atoms with Gasteiger partial charge < -0.3 is 37.2 Å². The first-order valence-corrected chi connectivity index (χ1v) is 13.6. The van der Waals surface area contributed by atoms with Crippen molar-refractivity contribution in [1.82, 2.24) is 25.8 Å². The molecule has 0 aliphatic carbocycles. The second kappa shape index (κ2) is 17.0. The van der Waals surface area contributed by atoms with Gasteiger partial charge in [-0.3, -0.25) is 29.0 Å². The Morgan fingerprint density at radius 1 is 1.18 bits per heavy atom. The van der Waals surface area contributed by atoms with E-state index in [-0.39, 0.29) is 55.7 Å². The topological polar surface area (TPSA) is 192 Å². The van der Waals surface area contributed by atoms with Gasteiger partial charge in [0.2, 0.25) is 29.5 Å². The number of nitrogens with zero attached hydrogens (tertiary/aromatic N) is 3. The Labute approximate surface area is 231 Å². The summed E-state index contributed by atoms with van der Waals surface area (Å²) in [5.41, 5.74) is 10.8.